The third-order valence-corrected chi connectivity index (χ3v) is 4.69. The molecule has 0 saturated carbocycles. The van der Waals surface area contributed by atoms with Gasteiger partial charge in [-0.2, -0.15) is 0 Å². The molecular weight excluding hydrogens is 312 g/mol. The van der Waals surface area contributed by atoms with Crippen LogP contribution >= 0.6 is 0 Å². The topological polar surface area (TPSA) is 43.4 Å². The molecule has 0 aromatic carbocycles. The predicted octanol–water partition coefficient (Wildman–Crippen LogP) is 6.40. The number of unbranched alkanes of at least 4 members (excludes halogenated alkanes) is 10. The third-order valence-electron chi connectivity index (χ3n) is 4.69. The monoisotopic (exact) mass is 352 g/mol. The number of hydrogen-bond acceptors (Lipinski definition) is 3. The number of esters is 1. The Morgan fingerprint density at radius 2 is 1.40 bits per heavy atom. The normalized spacial score (nSPS) is 11.9. The van der Waals surface area contributed by atoms with Gasteiger partial charge >= 0.3 is 5.97 Å². The van der Waals surface area contributed by atoms with Crippen molar-refractivity contribution in [2.45, 2.75) is 103 Å². The number of ether oxygens (including phenoxy) is 1. The van der Waals surface area contributed by atoms with E-state index in [2.05, 4.69) is 13.5 Å². The quantitative estimate of drug-likeness (QED) is 0.117. The number of hydrogen-bond donors (Lipinski definition) is 0. The summed E-state index contributed by atoms with van der Waals surface area (Å²) in [4.78, 5) is 22.5. The maximum atomic E-state index is 11.3. The Labute approximate surface area is 155 Å². The van der Waals surface area contributed by atoms with Gasteiger partial charge in [0.05, 0.1) is 0 Å². The lowest BCUT2D eigenvalue weighted by Crippen LogP contribution is -2.03. The van der Waals surface area contributed by atoms with Crippen LogP contribution in [0.25, 0.3) is 0 Å². The molecule has 0 aliphatic heterocycles. The Hall–Kier alpha value is -1.12. The van der Waals surface area contributed by atoms with Crippen LogP contribution in [0.4, 0.5) is 0 Å². The average Bonchev–Trinajstić information content (AvgIpc) is 2.63. The molecule has 3 nitrogen and oxygen atoms in total. The van der Waals surface area contributed by atoms with Gasteiger partial charge in [0.1, 0.15) is 12.9 Å². The molecule has 0 spiro atoms. The van der Waals surface area contributed by atoms with E-state index < -0.39 is 0 Å². The molecule has 0 aliphatic rings. The molecule has 146 valence electrons. The molecule has 0 bridgehead atoms. The minimum atomic E-state index is -0.122. The fraction of sp³-hybridized carbons (Fsp3) is 0.818. The Bertz CT molecular complexity index is 325. The van der Waals surface area contributed by atoms with Crippen LogP contribution in [0.15, 0.2) is 12.7 Å². The molecule has 0 fully saturated rings. The predicted molar refractivity (Wildman–Crippen MR) is 106 cm³/mol. The number of carbonyl (C=O) groups is 2. The van der Waals surface area contributed by atoms with E-state index >= 15 is 0 Å². The van der Waals surface area contributed by atoms with Crippen molar-refractivity contribution in [1.82, 2.24) is 0 Å². The lowest BCUT2D eigenvalue weighted by molar-refractivity contribution is -0.142. The van der Waals surface area contributed by atoms with E-state index in [1.807, 2.05) is 0 Å². The molecule has 0 N–H and O–H groups in total. The standard InChI is InChI=1S/C22H40O3/c1-3-5-6-7-10-13-16-21(20-23)17-14-11-8-9-12-15-18-22(24)25-19-4-2/h4,20-21H,2-3,5-19H2,1H3. The number of carbonyl (C=O) groups excluding carboxylic acids is 2. The summed E-state index contributed by atoms with van der Waals surface area (Å²) in [6, 6.07) is 0. The highest BCUT2D eigenvalue weighted by Gasteiger charge is 2.07. The van der Waals surface area contributed by atoms with E-state index in [-0.39, 0.29) is 11.9 Å². The summed E-state index contributed by atoms with van der Waals surface area (Å²) in [7, 11) is 0. The van der Waals surface area contributed by atoms with Crippen LogP contribution < -0.4 is 0 Å². The second kappa shape index (κ2) is 19.2. The second-order valence-corrected chi connectivity index (χ2v) is 7.08. The molecule has 0 aromatic rings. The van der Waals surface area contributed by atoms with Crippen LogP contribution in [0, 0.1) is 5.92 Å². The van der Waals surface area contributed by atoms with Crippen LogP contribution in [0.2, 0.25) is 0 Å². The van der Waals surface area contributed by atoms with Crippen LogP contribution in [0.1, 0.15) is 103 Å². The van der Waals surface area contributed by atoms with Crippen molar-refractivity contribution < 1.29 is 14.3 Å². The molecular formula is C22H40O3. The molecule has 3 heteroatoms. The van der Waals surface area contributed by atoms with Crippen molar-refractivity contribution in [3.63, 3.8) is 0 Å². The molecule has 0 aromatic heterocycles. The minimum absolute atomic E-state index is 0.122. The van der Waals surface area contributed by atoms with Crippen molar-refractivity contribution >= 4 is 12.3 Å². The van der Waals surface area contributed by atoms with Gasteiger partial charge in [-0.15, -0.1) is 0 Å². The summed E-state index contributed by atoms with van der Waals surface area (Å²) in [5, 5.41) is 0. The van der Waals surface area contributed by atoms with E-state index in [0.29, 0.717) is 13.0 Å². The van der Waals surface area contributed by atoms with Crippen LogP contribution in [-0.2, 0) is 14.3 Å². The van der Waals surface area contributed by atoms with Crippen LogP contribution in [0.5, 0.6) is 0 Å². The van der Waals surface area contributed by atoms with E-state index in [4.69, 9.17) is 4.74 Å². The zero-order valence-electron chi connectivity index (χ0n) is 16.5. The van der Waals surface area contributed by atoms with Crippen molar-refractivity contribution in [2.75, 3.05) is 6.61 Å². The first-order valence-electron chi connectivity index (χ1n) is 10.5. The fourth-order valence-electron chi connectivity index (χ4n) is 3.07. The Morgan fingerprint density at radius 1 is 0.880 bits per heavy atom. The molecule has 0 rings (SSSR count). The highest BCUT2D eigenvalue weighted by molar-refractivity contribution is 5.69. The van der Waals surface area contributed by atoms with Crippen molar-refractivity contribution in [3.8, 4) is 0 Å². The van der Waals surface area contributed by atoms with Gasteiger partial charge < -0.3 is 9.53 Å². The van der Waals surface area contributed by atoms with E-state index in [1.165, 1.54) is 57.7 Å². The molecule has 0 amide bonds. The Balaban J connectivity index is 3.39. The first kappa shape index (κ1) is 23.9. The van der Waals surface area contributed by atoms with E-state index in [0.717, 1.165) is 38.5 Å². The van der Waals surface area contributed by atoms with Gasteiger partial charge in [0.2, 0.25) is 0 Å². The summed E-state index contributed by atoms with van der Waals surface area (Å²) < 4.78 is 4.94. The molecule has 0 aliphatic carbocycles. The second-order valence-electron chi connectivity index (χ2n) is 7.08. The first-order valence-corrected chi connectivity index (χ1v) is 10.5. The first-order chi connectivity index (χ1) is 12.2. The van der Waals surface area contributed by atoms with Crippen LogP contribution in [0.3, 0.4) is 0 Å². The van der Waals surface area contributed by atoms with Crippen molar-refractivity contribution in [3.05, 3.63) is 12.7 Å². The minimum Gasteiger partial charge on any atom is -0.461 e. The molecule has 1 atom stereocenters. The highest BCUT2D eigenvalue weighted by atomic mass is 16.5. The molecule has 0 heterocycles. The zero-order valence-corrected chi connectivity index (χ0v) is 16.5. The summed E-state index contributed by atoms with van der Waals surface area (Å²) >= 11 is 0. The van der Waals surface area contributed by atoms with Gasteiger partial charge in [0.25, 0.3) is 0 Å². The van der Waals surface area contributed by atoms with Crippen LogP contribution in [-0.4, -0.2) is 18.9 Å². The summed E-state index contributed by atoms with van der Waals surface area (Å²) in [5.74, 6) is 0.147. The molecule has 0 saturated heterocycles. The molecule has 25 heavy (non-hydrogen) atoms. The third kappa shape index (κ3) is 17.5. The summed E-state index contributed by atoms with van der Waals surface area (Å²) in [6.45, 7) is 6.07. The average molecular weight is 353 g/mol. The van der Waals surface area contributed by atoms with Gasteiger partial charge in [-0.3, -0.25) is 4.79 Å². The Kier molecular flexibility index (Phi) is 18.3. The van der Waals surface area contributed by atoms with E-state index in [9.17, 15) is 9.59 Å². The lowest BCUT2D eigenvalue weighted by Gasteiger charge is -2.10. The van der Waals surface area contributed by atoms with E-state index in [1.54, 1.807) is 6.08 Å². The number of aldehydes is 1. The smallest absolute Gasteiger partial charge is 0.306 e. The molecule has 1 unspecified atom stereocenters. The van der Waals surface area contributed by atoms with Gasteiger partial charge in [0, 0.05) is 12.3 Å². The van der Waals surface area contributed by atoms with Gasteiger partial charge in [-0.05, 0) is 19.3 Å². The summed E-state index contributed by atoms with van der Waals surface area (Å²) in [6.07, 6.45) is 19.9. The van der Waals surface area contributed by atoms with Gasteiger partial charge in [-0.25, -0.2) is 0 Å². The highest BCUT2D eigenvalue weighted by Crippen LogP contribution is 2.17. The zero-order chi connectivity index (χ0) is 18.6. The largest absolute Gasteiger partial charge is 0.461 e. The summed E-state index contributed by atoms with van der Waals surface area (Å²) in [5.41, 5.74) is 0. The van der Waals surface area contributed by atoms with Crippen molar-refractivity contribution in [2.24, 2.45) is 5.92 Å². The lowest BCUT2D eigenvalue weighted by atomic mass is 9.95. The van der Waals surface area contributed by atoms with Gasteiger partial charge in [-0.1, -0.05) is 90.2 Å². The Morgan fingerprint density at radius 3 is 1.92 bits per heavy atom. The fourth-order valence-corrected chi connectivity index (χ4v) is 3.07. The van der Waals surface area contributed by atoms with Crippen molar-refractivity contribution in [1.29, 1.82) is 0 Å². The number of rotatable bonds is 19. The molecule has 0 radical (unpaired) electrons. The maximum absolute atomic E-state index is 11.3. The van der Waals surface area contributed by atoms with Gasteiger partial charge in [0.15, 0.2) is 0 Å². The maximum Gasteiger partial charge on any atom is 0.306 e. The SMILES string of the molecule is C=CCOC(=O)CCCCCCCCC(C=O)CCCCCCCC.